The average Bonchev–Trinajstić information content (AvgIpc) is 2.91. The van der Waals surface area contributed by atoms with Gasteiger partial charge in [0.25, 0.3) is 0 Å². The van der Waals surface area contributed by atoms with Gasteiger partial charge in [-0.3, -0.25) is 4.79 Å². The number of amides is 1. The Labute approximate surface area is 94.6 Å². The Morgan fingerprint density at radius 1 is 1.53 bits per heavy atom. The van der Waals surface area contributed by atoms with Crippen molar-refractivity contribution in [2.75, 3.05) is 5.32 Å². The van der Waals surface area contributed by atoms with E-state index in [2.05, 4.69) is 12.2 Å². The molecule has 1 aliphatic carbocycles. The van der Waals surface area contributed by atoms with Crippen molar-refractivity contribution < 1.29 is 4.79 Å². The maximum absolute atomic E-state index is 11.7. The van der Waals surface area contributed by atoms with Crippen LogP contribution in [0.25, 0.3) is 0 Å². The van der Waals surface area contributed by atoms with Crippen LogP contribution in [0.1, 0.15) is 18.9 Å². The largest absolute Gasteiger partial charge is 0.326 e. The molecule has 15 heavy (non-hydrogen) atoms. The van der Waals surface area contributed by atoms with Crippen molar-refractivity contribution in [2.45, 2.75) is 20.3 Å². The normalized spacial score (nSPS) is 23.7. The molecule has 1 fully saturated rings. The summed E-state index contributed by atoms with van der Waals surface area (Å²) in [6.45, 7) is 4.00. The first-order valence-electron chi connectivity index (χ1n) is 5.15. The summed E-state index contributed by atoms with van der Waals surface area (Å²) in [6, 6.07) is 5.56. The van der Waals surface area contributed by atoms with E-state index in [1.54, 1.807) is 0 Å². The van der Waals surface area contributed by atoms with Crippen LogP contribution in [-0.2, 0) is 4.79 Å². The van der Waals surface area contributed by atoms with Crippen LogP contribution in [-0.4, -0.2) is 5.91 Å². The van der Waals surface area contributed by atoms with Gasteiger partial charge in [0.15, 0.2) is 0 Å². The van der Waals surface area contributed by atoms with Crippen LogP contribution >= 0.6 is 11.6 Å². The summed E-state index contributed by atoms with van der Waals surface area (Å²) in [5.41, 5.74) is 1.76. The van der Waals surface area contributed by atoms with Gasteiger partial charge in [-0.25, -0.2) is 0 Å². The van der Waals surface area contributed by atoms with Gasteiger partial charge in [-0.1, -0.05) is 24.6 Å². The first kappa shape index (κ1) is 10.5. The molecule has 2 rings (SSSR count). The summed E-state index contributed by atoms with van der Waals surface area (Å²) in [6.07, 6.45) is 1.01. The smallest absolute Gasteiger partial charge is 0.227 e. The maximum Gasteiger partial charge on any atom is 0.227 e. The molecule has 0 bridgehead atoms. The molecule has 0 unspecified atom stereocenters. The lowest BCUT2D eigenvalue weighted by atomic mass is 10.2. The fourth-order valence-electron chi connectivity index (χ4n) is 1.66. The third kappa shape index (κ3) is 2.15. The average molecular weight is 224 g/mol. The topological polar surface area (TPSA) is 29.1 Å². The van der Waals surface area contributed by atoms with E-state index in [9.17, 15) is 4.79 Å². The van der Waals surface area contributed by atoms with Gasteiger partial charge in [-0.05, 0) is 37.0 Å². The highest BCUT2D eigenvalue weighted by Crippen LogP contribution is 2.38. The van der Waals surface area contributed by atoms with Gasteiger partial charge in [-0.15, -0.1) is 0 Å². The molecule has 0 heterocycles. The molecule has 0 aliphatic heterocycles. The van der Waals surface area contributed by atoms with E-state index in [1.165, 1.54) is 0 Å². The second kappa shape index (κ2) is 3.86. The number of rotatable bonds is 2. The number of halogens is 1. The number of hydrogen-bond donors (Lipinski definition) is 1. The van der Waals surface area contributed by atoms with E-state index >= 15 is 0 Å². The molecule has 0 radical (unpaired) electrons. The van der Waals surface area contributed by atoms with E-state index in [1.807, 2.05) is 25.1 Å². The summed E-state index contributed by atoms with van der Waals surface area (Å²) in [5, 5.41) is 3.61. The molecule has 2 atom stereocenters. The molecule has 2 nitrogen and oxygen atoms in total. The molecule has 80 valence electrons. The number of anilines is 1. The lowest BCUT2D eigenvalue weighted by molar-refractivity contribution is -0.117. The maximum atomic E-state index is 11.7. The van der Waals surface area contributed by atoms with Gasteiger partial charge >= 0.3 is 0 Å². The van der Waals surface area contributed by atoms with Crippen molar-refractivity contribution in [3.8, 4) is 0 Å². The van der Waals surface area contributed by atoms with Crippen LogP contribution in [0.5, 0.6) is 0 Å². The van der Waals surface area contributed by atoms with Crippen molar-refractivity contribution in [1.29, 1.82) is 0 Å². The lowest BCUT2D eigenvalue weighted by Gasteiger charge is -2.08. The Morgan fingerprint density at radius 3 is 2.80 bits per heavy atom. The van der Waals surface area contributed by atoms with Gasteiger partial charge in [0.05, 0.1) is 0 Å². The van der Waals surface area contributed by atoms with Gasteiger partial charge in [0.2, 0.25) is 5.91 Å². The SMILES string of the molecule is Cc1c(Cl)cccc1NC(=O)[C@H]1C[C@@H]1C. The van der Waals surface area contributed by atoms with Crippen LogP contribution in [0.2, 0.25) is 5.02 Å². The molecule has 0 aromatic heterocycles. The van der Waals surface area contributed by atoms with Gasteiger partial charge < -0.3 is 5.32 Å². The zero-order valence-electron chi connectivity index (χ0n) is 8.88. The van der Waals surface area contributed by atoms with Crippen LogP contribution in [0.3, 0.4) is 0 Å². The standard InChI is InChI=1S/C12H14ClNO/c1-7-6-9(7)12(15)14-11-5-3-4-10(13)8(11)2/h3-5,7,9H,6H2,1-2H3,(H,14,15)/t7-,9-/m0/s1. The first-order chi connectivity index (χ1) is 7.09. The summed E-state index contributed by atoms with van der Waals surface area (Å²) in [7, 11) is 0. The minimum absolute atomic E-state index is 0.118. The third-order valence-corrected chi connectivity index (χ3v) is 3.38. The monoisotopic (exact) mass is 223 g/mol. The number of carbonyl (C=O) groups excluding carboxylic acids is 1. The zero-order valence-corrected chi connectivity index (χ0v) is 9.64. The Morgan fingerprint density at radius 2 is 2.20 bits per heavy atom. The minimum Gasteiger partial charge on any atom is -0.326 e. The minimum atomic E-state index is 0.118. The lowest BCUT2D eigenvalue weighted by Crippen LogP contribution is -2.15. The number of carbonyl (C=O) groups is 1. The molecule has 1 aliphatic rings. The Balaban J connectivity index is 2.10. The van der Waals surface area contributed by atoms with E-state index in [4.69, 9.17) is 11.6 Å². The molecule has 1 saturated carbocycles. The predicted molar refractivity (Wildman–Crippen MR) is 62.1 cm³/mol. The Bertz CT molecular complexity index is 403. The molecule has 1 aromatic rings. The second-order valence-electron chi connectivity index (χ2n) is 4.22. The van der Waals surface area contributed by atoms with Gasteiger partial charge in [0, 0.05) is 16.6 Å². The molecular formula is C12H14ClNO. The highest BCUT2D eigenvalue weighted by molar-refractivity contribution is 6.31. The molecule has 1 amide bonds. The molecule has 1 aromatic carbocycles. The van der Waals surface area contributed by atoms with Crippen molar-refractivity contribution in [3.05, 3.63) is 28.8 Å². The van der Waals surface area contributed by atoms with E-state index in [-0.39, 0.29) is 11.8 Å². The van der Waals surface area contributed by atoms with Crippen molar-refractivity contribution in [2.24, 2.45) is 11.8 Å². The fourth-order valence-corrected chi connectivity index (χ4v) is 1.83. The van der Waals surface area contributed by atoms with E-state index in [0.717, 1.165) is 17.7 Å². The highest BCUT2D eigenvalue weighted by atomic mass is 35.5. The number of nitrogens with one attached hydrogen (secondary N) is 1. The summed E-state index contributed by atoms with van der Waals surface area (Å²) in [5.74, 6) is 0.848. The number of hydrogen-bond acceptors (Lipinski definition) is 1. The second-order valence-corrected chi connectivity index (χ2v) is 4.63. The zero-order chi connectivity index (χ0) is 11.0. The quantitative estimate of drug-likeness (QED) is 0.820. The van der Waals surface area contributed by atoms with Crippen LogP contribution < -0.4 is 5.32 Å². The van der Waals surface area contributed by atoms with Crippen LogP contribution in [0.4, 0.5) is 5.69 Å². The molecule has 3 heteroatoms. The number of benzene rings is 1. The van der Waals surface area contributed by atoms with E-state index < -0.39 is 0 Å². The predicted octanol–water partition coefficient (Wildman–Crippen LogP) is 3.24. The van der Waals surface area contributed by atoms with Crippen LogP contribution in [0.15, 0.2) is 18.2 Å². The Kier molecular flexibility index (Phi) is 2.70. The summed E-state index contributed by atoms with van der Waals surface area (Å²) in [4.78, 5) is 11.7. The highest BCUT2D eigenvalue weighted by Gasteiger charge is 2.39. The molecule has 0 saturated heterocycles. The van der Waals surface area contributed by atoms with Crippen molar-refractivity contribution in [1.82, 2.24) is 0 Å². The molecule has 0 spiro atoms. The Hall–Kier alpha value is -1.02. The first-order valence-corrected chi connectivity index (χ1v) is 5.53. The van der Waals surface area contributed by atoms with Crippen molar-refractivity contribution in [3.63, 3.8) is 0 Å². The molecule has 1 N–H and O–H groups in total. The van der Waals surface area contributed by atoms with Gasteiger partial charge in [0.1, 0.15) is 0 Å². The molecular weight excluding hydrogens is 210 g/mol. The van der Waals surface area contributed by atoms with Gasteiger partial charge in [-0.2, -0.15) is 0 Å². The van der Waals surface area contributed by atoms with Crippen molar-refractivity contribution >= 4 is 23.2 Å². The third-order valence-electron chi connectivity index (χ3n) is 2.97. The fraction of sp³-hybridized carbons (Fsp3) is 0.417. The summed E-state index contributed by atoms with van der Waals surface area (Å²) < 4.78 is 0. The van der Waals surface area contributed by atoms with E-state index in [0.29, 0.717) is 10.9 Å². The summed E-state index contributed by atoms with van der Waals surface area (Å²) >= 11 is 5.97. The van der Waals surface area contributed by atoms with Crippen LogP contribution in [0, 0.1) is 18.8 Å².